The van der Waals surface area contributed by atoms with Crippen molar-refractivity contribution < 1.29 is 19.4 Å². The van der Waals surface area contributed by atoms with Crippen molar-refractivity contribution in [3.8, 4) is 0 Å². The normalized spacial score (nSPS) is 28.1. The molecule has 188 valence electrons. The Balaban J connectivity index is 1.89. The fourth-order valence-electron chi connectivity index (χ4n) is 5.72. The van der Waals surface area contributed by atoms with Crippen molar-refractivity contribution in [1.82, 2.24) is 10.2 Å². The highest BCUT2D eigenvalue weighted by Gasteiger charge is 2.53. The molecular formula is C27H32Cl2N2O4. The first-order valence-corrected chi connectivity index (χ1v) is 12.9. The molecule has 5 atom stereocenters. The van der Waals surface area contributed by atoms with Gasteiger partial charge in [0.2, 0.25) is 5.91 Å². The number of piperidine rings is 1. The van der Waals surface area contributed by atoms with Crippen LogP contribution in [0.5, 0.6) is 0 Å². The van der Waals surface area contributed by atoms with Gasteiger partial charge in [-0.3, -0.25) is 9.59 Å². The summed E-state index contributed by atoms with van der Waals surface area (Å²) in [7, 11) is 0. The van der Waals surface area contributed by atoms with E-state index in [1.54, 1.807) is 6.92 Å². The van der Waals surface area contributed by atoms with E-state index in [2.05, 4.69) is 5.32 Å². The number of carbonyl (C=O) groups is 2. The highest BCUT2D eigenvalue weighted by atomic mass is 35.5. The lowest BCUT2D eigenvalue weighted by Gasteiger charge is -2.53. The van der Waals surface area contributed by atoms with E-state index in [0.29, 0.717) is 36.0 Å². The van der Waals surface area contributed by atoms with E-state index in [-0.39, 0.29) is 36.4 Å². The van der Waals surface area contributed by atoms with Gasteiger partial charge in [0.05, 0.1) is 36.6 Å². The largest absolute Gasteiger partial charge is 0.481 e. The number of benzene rings is 2. The minimum absolute atomic E-state index is 0.154. The summed E-state index contributed by atoms with van der Waals surface area (Å²) in [5.41, 5.74) is 0.855. The summed E-state index contributed by atoms with van der Waals surface area (Å²) < 4.78 is 6.13. The highest BCUT2D eigenvalue weighted by Crippen LogP contribution is 2.52. The number of nitrogens with zero attached hydrogens (tertiary/aromatic N) is 1. The highest BCUT2D eigenvalue weighted by molar-refractivity contribution is 6.30. The molecule has 2 aliphatic rings. The van der Waals surface area contributed by atoms with E-state index in [4.69, 9.17) is 27.9 Å². The van der Waals surface area contributed by atoms with Gasteiger partial charge in [0, 0.05) is 29.1 Å². The first-order valence-electron chi connectivity index (χ1n) is 12.1. The molecule has 0 spiro atoms. The van der Waals surface area contributed by atoms with Gasteiger partial charge in [-0.2, -0.15) is 0 Å². The van der Waals surface area contributed by atoms with Crippen molar-refractivity contribution in [3.05, 3.63) is 69.7 Å². The lowest BCUT2D eigenvalue weighted by Crippen LogP contribution is -2.61. The van der Waals surface area contributed by atoms with Crippen molar-refractivity contribution in [2.75, 3.05) is 19.7 Å². The van der Waals surface area contributed by atoms with Crippen LogP contribution >= 0.6 is 23.2 Å². The molecule has 2 aromatic rings. The lowest BCUT2D eigenvalue weighted by molar-refractivity contribution is -0.165. The summed E-state index contributed by atoms with van der Waals surface area (Å²) >= 11 is 12.6. The molecule has 0 bridgehead atoms. The van der Waals surface area contributed by atoms with Gasteiger partial charge in [0.25, 0.3) is 0 Å². The number of ether oxygens (including phenoxy) is 1. The Morgan fingerprint density at radius 3 is 2.54 bits per heavy atom. The fourth-order valence-corrected chi connectivity index (χ4v) is 6.04. The molecule has 8 heteroatoms. The van der Waals surface area contributed by atoms with Gasteiger partial charge in [-0.25, -0.2) is 0 Å². The topological polar surface area (TPSA) is 78.9 Å². The zero-order chi connectivity index (χ0) is 25.2. The quantitative estimate of drug-likeness (QED) is 0.519. The van der Waals surface area contributed by atoms with Crippen LogP contribution in [0.25, 0.3) is 0 Å². The molecule has 0 radical (unpaired) electrons. The monoisotopic (exact) mass is 518 g/mol. The number of aliphatic carboxylic acids is 1. The zero-order valence-electron chi connectivity index (χ0n) is 20.0. The minimum atomic E-state index is -1.07. The Bertz CT molecular complexity index is 1060. The number of hydrogen-bond acceptors (Lipinski definition) is 4. The van der Waals surface area contributed by atoms with Crippen molar-refractivity contribution in [2.45, 2.75) is 57.2 Å². The molecule has 0 saturated carbocycles. The van der Waals surface area contributed by atoms with Crippen LogP contribution in [0.15, 0.2) is 48.5 Å². The third-order valence-corrected chi connectivity index (χ3v) is 7.78. The molecule has 4 rings (SSSR count). The van der Waals surface area contributed by atoms with Gasteiger partial charge in [-0.1, -0.05) is 61.3 Å². The zero-order valence-corrected chi connectivity index (χ0v) is 21.6. The number of halogens is 2. The first kappa shape index (κ1) is 26.0. The summed E-state index contributed by atoms with van der Waals surface area (Å²) in [5, 5.41) is 14.3. The molecule has 2 aliphatic heterocycles. The Kier molecular flexibility index (Phi) is 8.06. The molecule has 0 unspecified atom stereocenters. The maximum absolute atomic E-state index is 14.3. The predicted molar refractivity (Wildman–Crippen MR) is 137 cm³/mol. The third kappa shape index (κ3) is 5.51. The van der Waals surface area contributed by atoms with Crippen LogP contribution in [-0.4, -0.2) is 53.7 Å². The molecular weight excluding hydrogens is 487 g/mol. The van der Waals surface area contributed by atoms with Crippen molar-refractivity contribution in [1.29, 1.82) is 0 Å². The lowest BCUT2D eigenvalue weighted by atomic mass is 9.66. The van der Waals surface area contributed by atoms with Crippen LogP contribution in [-0.2, 0) is 14.3 Å². The number of likely N-dealkylation sites (tertiary alicyclic amines) is 1. The van der Waals surface area contributed by atoms with E-state index in [9.17, 15) is 14.7 Å². The van der Waals surface area contributed by atoms with Gasteiger partial charge in [0.15, 0.2) is 0 Å². The fraction of sp³-hybridized carbons (Fsp3) is 0.481. The van der Waals surface area contributed by atoms with Crippen molar-refractivity contribution >= 4 is 35.1 Å². The number of rotatable bonds is 7. The number of carboxylic acid groups (broad SMARTS) is 1. The van der Waals surface area contributed by atoms with Crippen LogP contribution in [0.2, 0.25) is 10.0 Å². The second-order valence-electron chi connectivity index (χ2n) is 9.79. The smallest absolute Gasteiger partial charge is 0.304 e. The third-order valence-electron chi connectivity index (χ3n) is 7.29. The summed E-state index contributed by atoms with van der Waals surface area (Å²) in [4.78, 5) is 28.1. The van der Waals surface area contributed by atoms with Crippen molar-refractivity contribution in [3.63, 3.8) is 0 Å². The molecule has 0 aromatic heterocycles. The van der Waals surface area contributed by atoms with E-state index in [0.717, 1.165) is 17.7 Å². The summed E-state index contributed by atoms with van der Waals surface area (Å²) in [6, 6.07) is 14.7. The van der Waals surface area contributed by atoms with Gasteiger partial charge >= 0.3 is 5.97 Å². The molecule has 2 aromatic carbocycles. The summed E-state index contributed by atoms with van der Waals surface area (Å²) in [6.45, 7) is 5.79. The predicted octanol–water partition coefficient (Wildman–Crippen LogP) is 5.30. The van der Waals surface area contributed by atoms with Gasteiger partial charge in [0.1, 0.15) is 0 Å². The average molecular weight is 519 g/mol. The number of carbonyl (C=O) groups excluding carboxylic acids is 1. The molecule has 6 nitrogen and oxygen atoms in total. The number of nitrogens with one attached hydrogen (secondary N) is 1. The minimum Gasteiger partial charge on any atom is -0.481 e. The molecule has 2 heterocycles. The Morgan fingerprint density at radius 1 is 1.20 bits per heavy atom. The number of amides is 1. The average Bonchev–Trinajstić information content (AvgIpc) is 2.83. The molecule has 2 fully saturated rings. The van der Waals surface area contributed by atoms with Gasteiger partial charge < -0.3 is 20.1 Å². The second kappa shape index (κ2) is 10.9. The maximum Gasteiger partial charge on any atom is 0.304 e. The summed E-state index contributed by atoms with van der Waals surface area (Å²) in [5.74, 6) is -1.30. The van der Waals surface area contributed by atoms with Crippen molar-refractivity contribution in [2.24, 2.45) is 5.41 Å². The number of morpholine rings is 1. The van der Waals surface area contributed by atoms with Gasteiger partial charge in [-0.05, 0) is 48.2 Å². The van der Waals surface area contributed by atoms with E-state index in [1.165, 1.54) is 0 Å². The SMILES string of the molecule is CC[C@@H]([C@@H]1CNCCO1)N1C(=O)[C@@](C)(CC(=O)O)C[C@H](c2cccc(Cl)c2)[C@H]1c1ccc(Cl)cc1. The number of carboxylic acids is 1. The van der Waals surface area contributed by atoms with Crippen LogP contribution in [0.4, 0.5) is 0 Å². The van der Waals surface area contributed by atoms with E-state index < -0.39 is 11.4 Å². The Morgan fingerprint density at radius 2 is 1.94 bits per heavy atom. The standard InChI is InChI=1S/C27H32Cl2N2O4/c1-3-22(23-16-30-11-12-35-23)31-25(17-7-9-19(28)10-8-17)21(18-5-4-6-20(29)13-18)14-27(2,26(31)34)15-24(32)33/h4-10,13,21-23,25,30H,3,11-12,14-16H2,1-2H3,(H,32,33)/t21-,22+,23+,25-,27-/m1/s1. The van der Waals surface area contributed by atoms with Gasteiger partial charge in [-0.15, -0.1) is 0 Å². The van der Waals surface area contributed by atoms with Crippen LogP contribution in [0.3, 0.4) is 0 Å². The van der Waals surface area contributed by atoms with E-state index in [1.807, 2.05) is 60.4 Å². The molecule has 2 saturated heterocycles. The molecule has 0 aliphatic carbocycles. The van der Waals surface area contributed by atoms with Crippen LogP contribution in [0.1, 0.15) is 56.2 Å². The molecule has 1 amide bonds. The maximum atomic E-state index is 14.3. The van der Waals surface area contributed by atoms with E-state index >= 15 is 0 Å². The van der Waals surface area contributed by atoms with Crippen LogP contribution in [0, 0.1) is 5.41 Å². The number of hydrogen-bond donors (Lipinski definition) is 2. The Labute approximate surface area is 216 Å². The second-order valence-corrected chi connectivity index (χ2v) is 10.7. The molecule has 35 heavy (non-hydrogen) atoms. The first-order chi connectivity index (χ1) is 16.7. The van der Waals surface area contributed by atoms with Crippen LogP contribution < -0.4 is 5.32 Å². The summed E-state index contributed by atoms with van der Waals surface area (Å²) in [6.07, 6.45) is 0.628. The Hall–Kier alpha value is -2.12. The molecule has 2 N–H and O–H groups in total.